The summed E-state index contributed by atoms with van der Waals surface area (Å²) < 4.78 is 51.5. The predicted molar refractivity (Wildman–Crippen MR) is 84.7 cm³/mol. The number of carbonyl (C=O) groups is 1. The second-order valence-electron chi connectivity index (χ2n) is 6.06. The number of nitrogens with zero attached hydrogens (tertiary/aromatic N) is 1. The van der Waals surface area contributed by atoms with Gasteiger partial charge >= 0.3 is 12.2 Å². The third-order valence-corrected chi connectivity index (χ3v) is 4.12. The van der Waals surface area contributed by atoms with E-state index in [9.17, 15) is 27.5 Å². The Balaban J connectivity index is 1.82. The average Bonchev–Trinajstić information content (AvgIpc) is 2.56. The van der Waals surface area contributed by atoms with Crippen molar-refractivity contribution in [3.05, 3.63) is 29.6 Å². The summed E-state index contributed by atoms with van der Waals surface area (Å²) in [4.78, 5) is 13.9. The summed E-state index contributed by atoms with van der Waals surface area (Å²) in [5.74, 6) is -0.716. The minimum atomic E-state index is -4.61. The molecule has 1 aromatic rings. The van der Waals surface area contributed by atoms with Crippen LogP contribution in [-0.4, -0.2) is 48.8 Å². The maximum Gasteiger partial charge on any atom is 0.416 e. The van der Waals surface area contributed by atoms with Gasteiger partial charge in [0.05, 0.1) is 11.3 Å². The average molecular weight is 363 g/mol. The van der Waals surface area contributed by atoms with Crippen molar-refractivity contribution in [1.82, 2.24) is 10.2 Å². The number of hydrogen-bond acceptors (Lipinski definition) is 3. The monoisotopic (exact) mass is 363 g/mol. The summed E-state index contributed by atoms with van der Waals surface area (Å²) in [5.41, 5.74) is -1.56. The fraction of sp³-hybridized carbons (Fsp3) is 0.562. The standard InChI is InChI=1S/C16H21F4N3O2/c17-13-4-3-12(16(18,19)20)8-14(13)22-15(25)21-5-7-23-6-1-2-11(9-23)10-24/h3-4,8,11,24H,1-2,5-7,9-10H2,(H2,21,22,25). The number of amides is 2. The molecule has 1 fully saturated rings. The minimum Gasteiger partial charge on any atom is -0.396 e. The Kier molecular flexibility index (Phi) is 6.60. The fourth-order valence-electron chi connectivity index (χ4n) is 2.79. The van der Waals surface area contributed by atoms with E-state index < -0.39 is 29.3 Å². The quantitative estimate of drug-likeness (QED) is 0.705. The number of nitrogens with one attached hydrogen (secondary N) is 2. The molecule has 2 amide bonds. The zero-order valence-electron chi connectivity index (χ0n) is 13.6. The number of aliphatic hydroxyl groups excluding tert-OH is 1. The predicted octanol–water partition coefficient (Wildman–Crippen LogP) is 2.67. The molecule has 1 aromatic carbocycles. The Morgan fingerprint density at radius 2 is 2.12 bits per heavy atom. The lowest BCUT2D eigenvalue weighted by molar-refractivity contribution is -0.137. The maximum absolute atomic E-state index is 13.6. The molecular formula is C16H21F4N3O2. The van der Waals surface area contributed by atoms with Gasteiger partial charge in [0.1, 0.15) is 5.82 Å². The molecule has 25 heavy (non-hydrogen) atoms. The molecule has 140 valence electrons. The van der Waals surface area contributed by atoms with Gasteiger partial charge in [0, 0.05) is 26.2 Å². The van der Waals surface area contributed by atoms with E-state index >= 15 is 0 Å². The lowest BCUT2D eigenvalue weighted by atomic mass is 9.99. The topological polar surface area (TPSA) is 64.6 Å². The van der Waals surface area contributed by atoms with Crippen molar-refractivity contribution in [2.45, 2.75) is 19.0 Å². The highest BCUT2D eigenvalue weighted by atomic mass is 19.4. The number of carbonyl (C=O) groups excluding carboxylic acids is 1. The van der Waals surface area contributed by atoms with E-state index in [0.29, 0.717) is 24.7 Å². The van der Waals surface area contributed by atoms with Crippen molar-refractivity contribution in [3.63, 3.8) is 0 Å². The number of likely N-dealkylation sites (tertiary alicyclic amines) is 1. The van der Waals surface area contributed by atoms with Gasteiger partial charge in [0.15, 0.2) is 0 Å². The lowest BCUT2D eigenvalue weighted by Gasteiger charge is -2.31. The van der Waals surface area contributed by atoms with Crippen LogP contribution in [0.15, 0.2) is 18.2 Å². The summed E-state index contributed by atoms with van der Waals surface area (Å²) in [5, 5.41) is 13.8. The van der Waals surface area contributed by atoms with Crippen LogP contribution in [0.2, 0.25) is 0 Å². The first-order chi connectivity index (χ1) is 11.8. The highest BCUT2D eigenvalue weighted by molar-refractivity contribution is 5.89. The number of halogens is 4. The number of anilines is 1. The Bertz CT molecular complexity index is 595. The normalized spacial score (nSPS) is 18.8. The van der Waals surface area contributed by atoms with Crippen molar-refractivity contribution in [2.24, 2.45) is 5.92 Å². The number of urea groups is 1. The molecule has 1 aliphatic rings. The molecule has 1 saturated heterocycles. The van der Waals surface area contributed by atoms with Gasteiger partial charge in [-0.1, -0.05) is 0 Å². The van der Waals surface area contributed by atoms with Crippen LogP contribution in [0.25, 0.3) is 0 Å². The van der Waals surface area contributed by atoms with Gasteiger partial charge in [-0.15, -0.1) is 0 Å². The number of alkyl halides is 3. The van der Waals surface area contributed by atoms with Crippen LogP contribution in [0.1, 0.15) is 18.4 Å². The molecule has 3 N–H and O–H groups in total. The molecule has 9 heteroatoms. The molecule has 2 rings (SSSR count). The highest BCUT2D eigenvalue weighted by Gasteiger charge is 2.31. The van der Waals surface area contributed by atoms with E-state index in [4.69, 9.17) is 0 Å². The van der Waals surface area contributed by atoms with Crippen LogP contribution in [-0.2, 0) is 6.18 Å². The largest absolute Gasteiger partial charge is 0.416 e. The van der Waals surface area contributed by atoms with Gasteiger partial charge in [-0.3, -0.25) is 0 Å². The van der Waals surface area contributed by atoms with Crippen molar-refractivity contribution >= 4 is 11.7 Å². The van der Waals surface area contributed by atoms with Crippen molar-refractivity contribution < 1.29 is 27.5 Å². The molecule has 0 saturated carbocycles. The van der Waals surface area contributed by atoms with Crippen LogP contribution in [0.4, 0.5) is 28.0 Å². The van der Waals surface area contributed by atoms with Crippen LogP contribution >= 0.6 is 0 Å². The van der Waals surface area contributed by atoms with Gasteiger partial charge in [0.25, 0.3) is 0 Å². The van der Waals surface area contributed by atoms with Crippen LogP contribution in [0, 0.1) is 11.7 Å². The molecule has 0 aliphatic carbocycles. The van der Waals surface area contributed by atoms with Crippen LogP contribution < -0.4 is 10.6 Å². The summed E-state index contributed by atoms with van der Waals surface area (Å²) in [6, 6.07) is 1.08. The zero-order chi connectivity index (χ0) is 18.4. The molecule has 0 spiro atoms. The third kappa shape index (κ3) is 5.86. The molecule has 5 nitrogen and oxygen atoms in total. The van der Waals surface area contributed by atoms with Gasteiger partial charge in [-0.25, -0.2) is 9.18 Å². The van der Waals surface area contributed by atoms with Crippen molar-refractivity contribution in [1.29, 1.82) is 0 Å². The Morgan fingerprint density at radius 3 is 2.80 bits per heavy atom. The first-order valence-electron chi connectivity index (χ1n) is 8.04. The fourth-order valence-corrected chi connectivity index (χ4v) is 2.79. The van der Waals surface area contributed by atoms with E-state index in [2.05, 4.69) is 15.5 Å². The molecule has 0 bridgehead atoms. The van der Waals surface area contributed by atoms with Gasteiger partial charge in [-0.05, 0) is 43.5 Å². The third-order valence-electron chi connectivity index (χ3n) is 4.12. The molecule has 1 unspecified atom stereocenters. The summed E-state index contributed by atoms with van der Waals surface area (Å²) >= 11 is 0. The second-order valence-corrected chi connectivity index (χ2v) is 6.06. The molecular weight excluding hydrogens is 342 g/mol. The van der Waals surface area contributed by atoms with Crippen LogP contribution in [0.5, 0.6) is 0 Å². The van der Waals surface area contributed by atoms with E-state index in [-0.39, 0.29) is 19.1 Å². The lowest BCUT2D eigenvalue weighted by Crippen LogP contribution is -2.42. The number of rotatable bonds is 5. The molecule has 1 heterocycles. The van der Waals surface area contributed by atoms with E-state index in [1.807, 2.05) is 0 Å². The first-order valence-corrected chi connectivity index (χ1v) is 8.04. The van der Waals surface area contributed by atoms with E-state index in [0.717, 1.165) is 25.9 Å². The smallest absolute Gasteiger partial charge is 0.396 e. The number of aliphatic hydroxyl groups is 1. The van der Waals surface area contributed by atoms with Crippen molar-refractivity contribution in [3.8, 4) is 0 Å². The first kappa shape index (κ1) is 19.5. The SMILES string of the molecule is O=C(NCCN1CCCC(CO)C1)Nc1cc(C(F)(F)F)ccc1F. The Morgan fingerprint density at radius 1 is 1.36 bits per heavy atom. The number of benzene rings is 1. The minimum absolute atomic E-state index is 0.124. The van der Waals surface area contributed by atoms with Gasteiger partial charge in [0.2, 0.25) is 0 Å². The van der Waals surface area contributed by atoms with Gasteiger partial charge in [-0.2, -0.15) is 13.2 Å². The Hall–Kier alpha value is -1.87. The maximum atomic E-state index is 13.6. The van der Waals surface area contributed by atoms with Crippen LogP contribution in [0.3, 0.4) is 0 Å². The number of hydrogen-bond donors (Lipinski definition) is 3. The summed E-state index contributed by atoms with van der Waals surface area (Å²) in [7, 11) is 0. The van der Waals surface area contributed by atoms with E-state index in [1.54, 1.807) is 0 Å². The summed E-state index contributed by atoms with van der Waals surface area (Å²) in [6.07, 6.45) is -2.68. The van der Waals surface area contributed by atoms with Crippen molar-refractivity contribution in [2.75, 3.05) is 38.1 Å². The molecule has 0 radical (unpaired) electrons. The highest BCUT2D eigenvalue weighted by Crippen LogP contribution is 2.31. The molecule has 1 atom stereocenters. The second kappa shape index (κ2) is 8.48. The Labute approximate surface area is 143 Å². The van der Waals surface area contributed by atoms with Gasteiger partial charge < -0.3 is 20.6 Å². The zero-order valence-corrected chi connectivity index (χ0v) is 13.6. The molecule has 1 aliphatic heterocycles. The van der Waals surface area contributed by atoms with E-state index in [1.165, 1.54) is 0 Å². The number of piperidine rings is 1. The molecule has 0 aromatic heterocycles. The summed E-state index contributed by atoms with van der Waals surface area (Å²) in [6.45, 7) is 2.54.